The van der Waals surface area contributed by atoms with Crippen molar-refractivity contribution in [2.24, 2.45) is 0 Å². The van der Waals surface area contributed by atoms with Crippen LogP contribution in [0, 0.1) is 6.92 Å². The lowest BCUT2D eigenvalue weighted by Crippen LogP contribution is -2.32. The summed E-state index contributed by atoms with van der Waals surface area (Å²) < 4.78 is 0. The highest BCUT2D eigenvalue weighted by atomic mass is 32.2. The molecule has 1 aliphatic rings. The summed E-state index contributed by atoms with van der Waals surface area (Å²) in [4.78, 5) is 16.0. The van der Waals surface area contributed by atoms with E-state index in [1.54, 1.807) is 0 Å². The molecule has 5 rings (SSSR count). The fourth-order valence-electron chi connectivity index (χ4n) is 4.08. The molecule has 5 nitrogen and oxygen atoms in total. The molecule has 1 fully saturated rings. The Morgan fingerprint density at radius 1 is 0.906 bits per heavy atom. The van der Waals surface area contributed by atoms with Crippen LogP contribution in [-0.4, -0.2) is 46.1 Å². The van der Waals surface area contributed by atoms with Gasteiger partial charge >= 0.3 is 0 Å². The van der Waals surface area contributed by atoms with Crippen LogP contribution in [0.5, 0.6) is 0 Å². The lowest BCUT2D eigenvalue weighted by molar-refractivity contribution is 0.841. The number of thioether (sulfide) groups is 1. The standard InChI is InChI=1S/C26H27N5S/c1-19-16-22(7-10-27-19)21-4-2-20(3-5-21)6-9-28-26-24-18-30-25(17-23(24)8-11-29-26)31-12-14-32-15-13-31/h2-5,7-8,10-11,16-18H,6,9,12-15H2,1H3,(H,28,29). The molecule has 4 heterocycles. The van der Waals surface area contributed by atoms with E-state index in [4.69, 9.17) is 4.98 Å². The van der Waals surface area contributed by atoms with E-state index >= 15 is 0 Å². The molecule has 0 unspecified atom stereocenters. The topological polar surface area (TPSA) is 53.9 Å². The number of hydrogen-bond donors (Lipinski definition) is 1. The molecule has 162 valence electrons. The Bertz CT molecular complexity index is 1200. The Hall–Kier alpha value is -3.12. The van der Waals surface area contributed by atoms with Gasteiger partial charge in [-0.25, -0.2) is 9.97 Å². The van der Waals surface area contributed by atoms with Crippen molar-refractivity contribution >= 4 is 34.2 Å². The summed E-state index contributed by atoms with van der Waals surface area (Å²) in [5.41, 5.74) is 4.76. The molecule has 6 heteroatoms. The van der Waals surface area contributed by atoms with Gasteiger partial charge < -0.3 is 10.2 Å². The van der Waals surface area contributed by atoms with Crippen LogP contribution in [0.3, 0.4) is 0 Å². The molecule has 1 saturated heterocycles. The highest BCUT2D eigenvalue weighted by molar-refractivity contribution is 7.99. The molecular weight excluding hydrogens is 414 g/mol. The second-order valence-electron chi connectivity index (χ2n) is 8.08. The van der Waals surface area contributed by atoms with Gasteiger partial charge in [0.15, 0.2) is 0 Å². The molecule has 0 bridgehead atoms. The lowest BCUT2D eigenvalue weighted by atomic mass is 10.0. The van der Waals surface area contributed by atoms with E-state index in [9.17, 15) is 0 Å². The lowest BCUT2D eigenvalue weighted by Gasteiger charge is -2.27. The predicted octanol–water partition coefficient (Wildman–Crippen LogP) is 5.21. The van der Waals surface area contributed by atoms with E-state index in [1.165, 1.54) is 33.6 Å². The zero-order valence-electron chi connectivity index (χ0n) is 18.3. The van der Waals surface area contributed by atoms with Crippen molar-refractivity contribution in [1.82, 2.24) is 15.0 Å². The van der Waals surface area contributed by atoms with Gasteiger partial charge in [-0.3, -0.25) is 4.98 Å². The fourth-order valence-corrected chi connectivity index (χ4v) is 4.98. The first kappa shape index (κ1) is 20.8. The van der Waals surface area contributed by atoms with Crippen LogP contribution in [0.4, 0.5) is 11.6 Å². The number of pyridine rings is 3. The second kappa shape index (κ2) is 9.57. The molecule has 0 spiro atoms. The molecule has 4 aromatic rings. The number of rotatable bonds is 6. The summed E-state index contributed by atoms with van der Waals surface area (Å²) in [7, 11) is 0. The molecule has 0 atom stereocenters. The van der Waals surface area contributed by atoms with E-state index in [0.717, 1.165) is 48.8 Å². The third-order valence-corrected chi connectivity index (χ3v) is 6.80. The van der Waals surface area contributed by atoms with Crippen molar-refractivity contribution in [2.75, 3.05) is 41.4 Å². The average molecular weight is 442 g/mol. The first-order chi connectivity index (χ1) is 15.8. The van der Waals surface area contributed by atoms with E-state index in [-0.39, 0.29) is 0 Å². The van der Waals surface area contributed by atoms with Gasteiger partial charge in [-0.2, -0.15) is 11.8 Å². The smallest absolute Gasteiger partial charge is 0.135 e. The average Bonchev–Trinajstić information content (AvgIpc) is 2.85. The van der Waals surface area contributed by atoms with Crippen LogP contribution < -0.4 is 10.2 Å². The van der Waals surface area contributed by atoms with Crippen molar-refractivity contribution in [3.8, 4) is 11.1 Å². The minimum absolute atomic E-state index is 0.824. The van der Waals surface area contributed by atoms with Crippen LogP contribution in [0.2, 0.25) is 0 Å². The maximum absolute atomic E-state index is 4.73. The maximum Gasteiger partial charge on any atom is 0.135 e. The summed E-state index contributed by atoms with van der Waals surface area (Å²) in [6.07, 6.45) is 6.65. The fraction of sp³-hybridized carbons (Fsp3) is 0.269. The number of aromatic nitrogens is 3. The van der Waals surface area contributed by atoms with Crippen LogP contribution in [0.15, 0.2) is 67.1 Å². The summed E-state index contributed by atoms with van der Waals surface area (Å²) in [5.74, 6) is 4.32. The van der Waals surface area contributed by atoms with Crippen molar-refractivity contribution in [1.29, 1.82) is 0 Å². The first-order valence-electron chi connectivity index (χ1n) is 11.1. The molecule has 3 aromatic heterocycles. The van der Waals surface area contributed by atoms with Gasteiger partial charge in [0.05, 0.1) is 0 Å². The number of nitrogens with one attached hydrogen (secondary N) is 1. The Balaban J connectivity index is 1.24. The molecular formula is C26H27N5S. The van der Waals surface area contributed by atoms with Gasteiger partial charge in [0.25, 0.3) is 0 Å². The predicted molar refractivity (Wildman–Crippen MR) is 136 cm³/mol. The van der Waals surface area contributed by atoms with Crippen molar-refractivity contribution in [2.45, 2.75) is 13.3 Å². The molecule has 1 N–H and O–H groups in total. The third-order valence-electron chi connectivity index (χ3n) is 5.86. The second-order valence-corrected chi connectivity index (χ2v) is 9.31. The Labute approximate surface area is 193 Å². The number of nitrogens with zero attached hydrogens (tertiary/aromatic N) is 4. The zero-order chi connectivity index (χ0) is 21.8. The van der Waals surface area contributed by atoms with Crippen molar-refractivity contribution < 1.29 is 0 Å². The van der Waals surface area contributed by atoms with Gasteiger partial charge in [0, 0.05) is 60.8 Å². The largest absolute Gasteiger partial charge is 0.369 e. The van der Waals surface area contributed by atoms with Gasteiger partial charge in [0.1, 0.15) is 11.6 Å². The Morgan fingerprint density at radius 2 is 1.72 bits per heavy atom. The number of benzene rings is 1. The number of fused-ring (bicyclic) bond motifs is 1. The van der Waals surface area contributed by atoms with E-state index in [2.05, 4.69) is 68.7 Å². The van der Waals surface area contributed by atoms with E-state index < -0.39 is 0 Å². The van der Waals surface area contributed by atoms with Gasteiger partial charge in [0.2, 0.25) is 0 Å². The zero-order valence-corrected chi connectivity index (χ0v) is 19.1. The normalized spacial score (nSPS) is 14.0. The number of anilines is 2. The van der Waals surface area contributed by atoms with Gasteiger partial charge in [-0.15, -0.1) is 0 Å². The summed E-state index contributed by atoms with van der Waals surface area (Å²) >= 11 is 2.01. The molecule has 0 amide bonds. The molecule has 0 aliphatic carbocycles. The van der Waals surface area contributed by atoms with E-state index in [1.807, 2.05) is 37.3 Å². The minimum atomic E-state index is 0.824. The maximum atomic E-state index is 4.73. The first-order valence-corrected chi connectivity index (χ1v) is 12.2. The van der Waals surface area contributed by atoms with Crippen molar-refractivity contribution in [3.05, 3.63) is 78.4 Å². The highest BCUT2D eigenvalue weighted by Crippen LogP contribution is 2.26. The van der Waals surface area contributed by atoms with Crippen LogP contribution in [0.1, 0.15) is 11.3 Å². The Morgan fingerprint density at radius 3 is 2.53 bits per heavy atom. The van der Waals surface area contributed by atoms with Crippen LogP contribution >= 0.6 is 11.8 Å². The quantitative estimate of drug-likeness (QED) is 0.443. The third kappa shape index (κ3) is 4.70. The Kier molecular flexibility index (Phi) is 6.21. The van der Waals surface area contributed by atoms with Crippen molar-refractivity contribution in [3.63, 3.8) is 0 Å². The molecule has 1 aromatic carbocycles. The molecule has 0 radical (unpaired) electrons. The highest BCUT2D eigenvalue weighted by Gasteiger charge is 2.13. The summed E-state index contributed by atoms with van der Waals surface area (Å²) in [6, 6.07) is 17.2. The number of hydrogen-bond acceptors (Lipinski definition) is 6. The SMILES string of the molecule is Cc1cc(-c2ccc(CCNc3nccc4cc(N5CCSCC5)ncc34)cc2)ccn1. The molecule has 32 heavy (non-hydrogen) atoms. The van der Waals surface area contributed by atoms with Gasteiger partial charge in [-0.05, 0) is 59.7 Å². The minimum Gasteiger partial charge on any atom is -0.369 e. The van der Waals surface area contributed by atoms with Crippen LogP contribution in [-0.2, 0) is 6.42 Å². The van der Waals surface area contributed by atoms with E-state index in [0.29, 0.717) is 0 Å². The summed E-state index contributed by atoms with van der Waals surface area (Å²) in [5, 5.41) is 5.77. The number of aryl methyl sites for hydroxylation is 1. The monoisotopic (exact) mass is 441 g/mol. The summed E-state index contributed by atoms with van der Waals surface area (Å²) in [6.45, 7) is 4.98. The molecule has 0 saturated carbocycles. The molecule has 1 aliphatic heterocycles. The van der Waals surface area contributed by atoms with Crippen LogP contribution in [0.25, 0.3) is 21.9 Å². The van der Waals surface area contributed by atoms with Gasteiger partial charge in [-0.1, -0.05) is 24.3 Å².